The van der Waals surface area contributed by atoms with E-state index in [1.165, 1.54) is 11.3 Å². The molecule has 15 heavy (non-hydrogen) atoms. The molecule has 0 saturated heterocycles. The van der Waals surface area contributed by atoms with Crippen molar-refractivity contribution in [3.05, 3.63) is 21.3 Å². The number of hydrogen-bond acceptors (Lipinski definition) is 2. The molecular weight excluding hydrogens is 228 g/mol. The summed E-state index contributed by atoms with van der Waals surface area (Å²) in [6, 6.07) is 3.85. The average molecular weight is 245 g/mol. The van der Waals surface area contributed by atoms with Gasteiger partial charge in [0.05, 0.1) is 4.34 Å². The van der Waals surface area contributed by atoms with Crippen LogP contribution in [0.15, 0.2) is 12.1 Å². The maximum atomic E-state index is 10.7. The number of aliphatic hydroxyl groups is 1. The molecule has 2 rings (SSSR count). The van der Waals surface area contributed by atoms with Gasteiger partial charge in [0.2, 0.25) is 0 Å². The molecule has 1 N–H and O–H groups in total. The molecule has 0 spiro atoms. The fraction of sp³-hybridized carbons (Fsp3) is 0.667. The van der Waals surface area contributed by atoms with Crippen molar-refractivity contribution in [2.75, 3.05) is 0 Å². The molecule has 1 aromatic rings. The Bertz CT molecular complexity index is 349. The Hall–Kier alpha value is -0.0500. The molecule has 1 saturated carbocycles. The maximum Gasteiger partial charge on any atom is 0.101 e. The Morgan fingerprint density at radius 2 is 2.20 bits per heavy atom. The molecule has 3 unspecified atom stereocenters. The molecule has 1 aliphatic carbocycles. The smallest absolute Gasteiger partial charge is 0.101 e. The van der Waals surface area contributed by atoms with Crippen molar-refractivity contribution in [2.24, 2.45) is 11.8 Å². The monoisotopic (exact) mass is 244 g/mol. The zero-order valence-corrected chi connectivity index (χ0v) is 10.7. The van der Waals surface area contributed by atoms with E-state index in [-0.39, 0.29) is 0 Å². The standard InChI is InChI=1S/C12H17ClOS/c1-8-5-6-12(14,9(2)7-8)10-3-4-11(13)15-10/h3-4,8-9,14H,5-7H2,1-2H3. The van der Waals surface area contributed by atoms with Crippen LogP contribution < -0.4 is 0 Å². The van der Waals surface area contributed by atoms with Crippen LogP contribution in [-0.4, -0.2) is 5.11 Å². The third-order valence-electron chi connectivity index (χ3n) is 3.59. The van der Waals surface area contributed by atoms with E-state index >= 15 is 0 Å². The van der Waals surface area contributed by atoms with Gasteiger partial charge < -0.3 is 5.11 Å². The minimum absolute atomic E-state index is 0.330. The molecular formula is C12H17ClOS. The van der Waals surface area contributed by atoms with Gasteiger partial charge in [-0.1, -0.05) is 25.4 Å². The van der Waals surface area contributed by atoms with Gasteiger partial charge in [-0.15, -0.1) is 11.3 Å². The summed E-state index contributed by atoms with van der Waals surface area (Å²) >= 11 is 7.44. The normalized spacial score (nSPS) is 36.8. The summed E-state index contributed by atoms with van der Waals surface area (Å²) in [7, 11) is 0. The van der Waals surface area contributed by atoms with Crippen LogP contribution in [0.3, 0.4) is 0 Å². The van der Waals surface area contributed by atoms with Gasteiger partial charge in [-0.2, -0.15) is 0 Å². The van der Waals surface area contributed by atoms with Crippen LogP contribution in [0.1, 0.15) is 38.0 Å². The van der Waals surface area contributed by atoms with Crippen LogP contribution in [0.5, 0.6) is 0 Å². The number of hydrogen-bond donors (Lipinski definition) is 1. The van der Waals surface area contributed by atoms with E-state index in [9.17, 15) is 5.11 Å². The van der Waals surface area contributed by atoms with E-state index in [0.29, 0.717) is 5.92 Å². The zero-order chi connectivity index (χ0) is 11.1. The van der Waals surface area contributed by atoms with E-state index in [1.54, 1.807) is 0 Å². The fourth-order valence-corrected chi connectivity index (χ4v) is 3.82. The molecule has 0 radical (unpaired) electrons. The predicted molar refractivity (Wildman–Crippen MR) is 65.4 cm³/mol. The molecule has 3 heteroatoms. The minimum atomic E-state index is -0.635. The van der Waals surface area contributed by atoms with Crippen LogP contribution in [0.25, 0.3) is 0 Å². The zero-order valence-electron chi connectivity index (χ0n) is 9.16. The van der Waals surface area contributed by atoms with Gasteiger partial charge in [0, 0.05) is 4.88 Å². The molecule has 1 nitrogen and oxygen atoms in total. The maximum absolute atomic E-state index is 10.7. The number of halogens is 1. The fourth-order valence-electron chi connectivity index (χ4n) is 2.54. The van der Waals surface area contributed by atoms with Crippen molar-refractivity contribution in [2.45, 2.75) is 38.7 Å². The van der Waals surface area contributed by atoms with E-state index < -0.39 is 5.60 Å². The van der Waals surface area contributed by atoms with Gasteiger partial charge >= 0.3 is 0 Å². The second-order valence-corrected chi connectivity index (χ2v) is 6.52. The van der Waals surface area contributed by atoms with Gasteiger partial charge in [-0.3, -0.25) is 0 Å². The Morgan fingerprint density at radius 1 is 1.47 bits per heavy atom. The lowest BCUT2D eigenvalue weighted by Crippen LogP contribution is -2.37. The SMILES string of the molecule is CC1CCC(O)(c2ccc(Cl)s2)C(C)C1. The third-order valence-corrected chi connectivity index (χ3v) is 4.99. The lowest BCUT2D eigenvalue weighted by molar-refractivity contribution is -0.0557. The van der Waals surface area contributed by atoms with Gasteiger partial charge in [-0.25, -0.2) is 0 Å². The Labute approximate surface area is 100 Å². The van der Waals surface area contributed by atoms with Crippen molar-refractivity contribution < 1.29 is 5.11 Å². The van der Waals surface area contributed by atoms with Crippen molar-refractivity contribution in [1.29, 1.82) is 0 Å². The molecule has 0 aromatic carbocycles. The summed E-state index contributed by atoms with van der Waals surface area (Å²) in [4.78, 5) is 1.03. The molecule has 1 aromatic heterocycles. The molecule has 1 fully saturated rings. The Balaban J connectivity index is 2.26. The summed E-state index contributed by atoms with van der Waals surface area (Å²) in [5, 5.41) is 10.7. The Kier molecular flexibility index (Phi) is 3.11. The van der Waals surface area contributed by atoms with Crippen molar-refractivity contribution in [3.8, 4) is 0 Å². The summed E-state index contributed by atoms with van der Waals surface area (Å²) in [5.74, 6) is 1.06. The summed E-state index contributed by atoms with van der Waals surface area (Å²) in [6.07, 6.45) is 3.08. The highest BCUT2D eigenvalue weighted by Crippen LogP contribution is 2.46. The van der Waals surface area contributed by atoms with Crippen molar-refractivity contribution in [1.82, 2.24) is 0 Å². The molecule has 0 amide bonds. The number of rotatable bonds is 1. The quantitative estimate of drug-likeness (QED) is 0.791. The van der Waals surface area contributed by atoms with Gasteiger partial charge in [-0.05, 0) is 43.2 Å². The lowest BCUT2D eigenvalue weighted by atomic mass is 9.71. The van der Waals surface area contributed by atoms with Crippen LogP contribution in [-0.2, 0) is 5.60 Å². The van der Waals surface area contributed by atoms with Crippen LogP contribution in [0, 0.1) is 11.8 Å². The summed E-state index contributed by atoms with van der Waals surface area (Å²) in [5.41, 5.74) is -0.635. The van der Waals surface area contributed by atoms with Crippen molar-refractivity contribution >= 4 is 22.9 Å². The van der Waals surface area contributed by atoms with E-state index in [4.69, 9.17) is 11.6 Å². The third kappa shape index (κ3) is 2.08. The Morgan fingerprint density at radius 3 is 2.73 bits per heavy atom. The average Bonchev–Trinajstić information content (AvgIpc) is 2.60. The molecule has 0 bridgehead atoms. The lowest BCUT2D eigenvalue weighted by Gasteiger charge is -2.40. The second-order valence-electron chi connectivity index (χ2n) is 4.81. The highest BCUT2D eigenvalue weighted by atomic mass is 35.5. The molecule has 84 valence electrons. The first kappa shape index (κ1) is 11.4. The second kappa shape index (κ2) is 4.08. The first-order valence-electron chi connectivity index (χ1n) is 5.50. The number of thiophene rings is 1. The topological polar surface area (TPSA) is 20.2 Å². The highest BCUT2D eigenvalue weighted by Gasteiger charge is 2.40. The van der Waals surface area contributed by atoms with E-state index in [0.717, 1.165) is 34.4 Å². The van der Waals surface area contributed by atoms with Gasteiger partial charge in [0.1, 0.15) is 5.60 Å². The minimum Gasteiger partial charge on any atom is -0.384 e. The molecule has 1 aliphatic rings. The molecule has 1 heterocycles. The van der Waals surface area contributed by atoms with E-state index in [2.05, 4.69) is 13.8 Å². The van der Waals surface area contributed by atoms with Crippen LogP contribution in [0.4, 0.5) is 0 Å². The highest BCUT2D eigenvalue weighted by molar-refractivity contribution is 7.16. The first-order chi connectivity index (χ1) is 7.02. The summed E-state index contributed by atoms with van der Waals surface area (Å²) < 4.78 is 0.768. The largest absolute Gasteiger partial charge is 0.384 e. The molecule has 0 aliphatic heterocycles. The van der Waals surface area contributed by atoms with Crippen LogP contribution in [0.2, 0.25) is 4.34 Å². The first-order valence-corrected chi connectivity index (χ1v) is 6.70. The summed E-state index contributed by atoms with van der Waals surface area (Å²) in [6.45, 7) is 4.40. The van der Waals surface area contributed by atoms with Crippen LogP contribution >= 0.6 is 22.9 Å². The van der Waals surface area contributed by atoms with Gasteiger partial charge in [0.25, 0.3) is 0 Å². The van der Waals surface area contributed by atoms with E-state index in [1.807, 2.05) is 12.1 Å². The van der Waals surface area contributed by atoms with Crippen molar-refractivity contribution in [3.63, 3.8) is 0 Å². The molecule has 3 atom stereocenters. The van der Waals surface area contributed by atoms with Gasteiger partial charge in [0.15, 0.2) is 0 Å². The predicted octanol–water partition coefficient (Wildman–Crippen LogP) is 4.05.